The molecule has 0 fully saturated rings. The maximum absolute atomic E-state index is 12.7. The number of benzene rings is 3. The summed E-state index contributed by atoms with van der Waals surface area (Å²) in [4.78, 5) is 12.7. The standard InChI is InChI=1S/C25H22N4O2S2/c1-17-6-5-7-18(14-17)16-32-24-27-26-23(29(24)19-10-12-20(31-2)13-11-19)15-28-21-8-3-4-9-22(21)33-25(28)30/h3-14H,15-16H2,1-2H3. The van der Waals surface area contributed by atoms with Gasteiger partial charge < -0.3 is 4.74 Å². The second-order valence-corrected chi connectivity index (χ2v) is 9.57. The monoisotopic (exact) mass is 474 g/mol. The minimum atomic E-state index is -0.00514. The Kier molecular flexibility index (Phi) is 6.02. The van der Waals surface area contributed by atoms with Gasteiger partial charge in [-0.05, 0) is 48.9 Å². The van der Waals surface area contributed by atoms with Gasteiger partial charge in [-0.15, -0.1) is 10.2 Å². The molecule has 2 aromatic heterocycles. The molecule has 0 atom stereocenters. The van der Waals surface area contributed by atoms with E-state index in [2.05, 4.69) is 41.4 Å². The number of aryl methyl sites for hydroxylation is 1. The molecule has 0 radical (unpaired) electrons. The lowest BCUT2D eigenvalue weighted by Crippen LogP contribution is -2.16. The number of rotatable bonds is 7. The van der Waals surface area contributed by atoms with Crippen LogP contribution in [0.5, 0.6) is 5.75 Å². The van der Waals surface area contributed by atoms with Crippen molar-refractivity contribution in [3.05, 3.63) is 99.4 Å². The van der Waals surface area contributed by atoms with Crippen molar-refractivity contribution in [2.45, 2.75) is 24.4 Å². The predicted molar refractivity (Wildman–Crippen MR) is 134 cm³/mol. The number of nitrogens with zero attached hydrogens (tertiary/aromatic N) is 4. The van der Waals surface area contributed by atoms with Crippen LogP contribution in [0.3, 0.4) is 0 Å². The summed E-state index contributed by atoms with van der Waals surface area (Å²) < 4.78 is 10.1. The Hall–Kier alpha value is -3.36. The second kappa shape index (κ2) is 9.25. The van der Waals surface area contributed by atoms with Crippen molar-refractivity contribution in [1.29, 1.82) is 0 Å². The topological polar surface area (TPSA) is 61.9 Å². The molecule has 0 saturated carbocycles. The lowest BCUT2D eigenvalue weighted by atomic mass is 10.2. The smallest absolute Gasteiger partial charge is 0.308 e. The number of ether oxygens (including phenoxy) is 1. The van der Waals surface area contributed by atoms with Crippen LogP contribution in [-0.4, -0.2) is 26.4 Å². The molecule has 0 spiro atoms. The summed E-state index contributed by atoms with van der Waals surface area (Å²) in [5.41, 5.74) is 4.29. The number of thiazole rings is 1. The van der Waals surface area contributed by atoms with E-state index in [-0.39, 0.29) is 4.87 Å². The van der Waals surface area contributed by atoms with Crippen molar-refractivity contribution < 1.29 is 4.74 Å². The summed E-state index contributed by atoms with van der Waals surface area (Å²) in [6.07, 6.45) is 0. The zero-order valence-corrected chi connectivity index (χ0v) is 19.9. The number of para-hydroxylation sites is 1. The molecule has 2 heterocycles. The Balaban J connectivity index is 1.54. The van der Waals surface area contributed by atoms with Gasteiger partial charge in [0.15, 0.2) is 11.0 Å². The van der Waals surface area contributed by atoms with Crippen molar-refractivity contribution in [3.8, 4) is 11.4 Å². The Morgan fingerprint density at radius 2 is 1.82 bits per heavy atom. The molecule has 8 heteroatoms. The molecule has 0 saturated heterocycles. The van der Waals surface area contributed by atoms with Crippen LogP contribution < -0.4 is 9.61 Å². The van der Waals surface area contributed by atoms with Crippen LogP contribution >= 0.6 is 23.1 Å². The molecule has 3 aromatic carbocycles. The van der Waals surface area contributed by atoms with Gasteiger partial charge in [-0.3, -0.25) is 13.9 Å². The number of hydrogen-bond acceptors (Lipinski definition) is 6. The van der Waals surface area contributed by atoms with E-state index >= 15 is 0 Å². The van der Waals surface area contributed by atoms with Gasteiger partial charge in [0.2, 0.25) is 0 Å². The summed E-state index contributed by atoms with van der Waals surface area (Å²) in [6.45, 7) is 2.43. The SMILES string of the molecule is COc1ccc(-n2c(Cn3c(=O)sc4ccccc43)nnc2SCc2cccc(C)c2)cc1. The summed E-state index contributed by atoms with van der Waals surface area (Å²) in [7, 11) is 1.65. The van der Waals surface area contributed by atoms with E-state index < -0.39 is 0 Å². The number of methoxy groups -OCH3 is 1. The number of fused-ring (bicyclic) bond motifs is 1. The molecule has 5 aromatic rings. The van der Waals surface area contributed by atoms with Gasteiger partial charge in [0.25, 0.3) is 0 Å². The van der Waals surface area contributed by atoms with Crippen molar-refractivity contribution >= 4 is 33.3 Å². The lowest BCUT2D eigenvalue weighted by Gasteiger charge is -2.12. The van der Waals surface area contributed by atoms with Crippen molar-refractivity contribution in [2.24, 2.45) is 0 Å². The fourth-order valence-corrected chi connectivity index (χ4v) is 5.55. The first-order valence-electron chi connectivity index (χ1n) is 10.5. The first-order valence-corrected chi connectivity index (χ1v) is 12.3. The summed E-state index contributed by atoms with van der Waals surface area (Å²) >= 11 is 2.88. The van der Waals surface area contributed by atoms with Gasteiger partial charge in [-0.2, -0.15) is 0 Å². The third-order valence-corrected chi connectivity index (χ3v) is 7.31. The fourth-order valence-electron chi connectivity index (χ4n) is 3.74. The first kappa shape index (κ1) is 21.5. The summed E-state index contributed by atoms with van der Waals surface area (Å²) in [6, 6.07) is 24.1. The molecule has 5 rings (SSSR count). The highest BCUT2D eigenvalue weighted by Crippen LogP contribution is 2.27. The van der Waals surface area contributed by atoms with Gasteiger partial charge >= 0.3 is 4.87 Å². The number of hydrogen-bond donors (Lipinski definition) is 0. The Bertz CT molecular complexity index is 1470. The van der Waals surface area contributed by atoms with Crippen LogP contribution in [0.4, 0.5) is 0 Å². The average molecular weight is 475 g/mol. The number of aromatic nitrogens is 4. The highest BCUT2D eigenvalue weighted by Gasteiger charge is 2.18. The van der Waals surface area contributed by atoms with Crippen molar-refractivity contribution in [1.82, 2.24) is 19.3 Å². The lowest BCUT2D eigenvalue weighted by molar-refractivity contribution is 0.414. The van der Waals surface area contributed by atoms with Crippen molar-refractivity contribution in [2.75, 3.05) is 7.11 Å². The largest absolute Gasteiger partial charge is 0.497 e. The Labute approximate surface area is 199 Å². The maximum Gasteiger partial charge on any atom is 0.308 e. The van der Waals surface area contributed by atoms with E-state index in [4.69, 9.17) is 4.74 Å². The molecule has 0 aliphatic heterocycles. The van der Waals surface area contributed by atoms with Gasteiger partial charge in [0.05, 0.1) is 23.9 Å². The molecule has 0 aliphatic carbocycles. The zero-order chi connectivity index (χ0) is 22.8. The van der Waals surface area contributed by atoms with E-state index in [0.717, 1.165) is 32.6 Å². The highest BCUT2D eigenvalue weighted by molar-refractivity contribution is 7.98. The molecule has 0 unspecified atom stereocenters. The molecule has 0 N–H and O–H groups in total. The van der Waals surface area contributed by atoms with Crippen molar-refractivity contribution in [3.63, 3.8) is 0 Å². The molecular weight excluding hydrogens is 452 g/mol. The van der Waals surface area contributed by atoms with Crippen LogP contribution in [0.2, 0.25) is 0 Å². The highest BCUT2D eigenvalue weighted by atomic mass is 32.2. The van der Waals surface area contributed by atoms with Crippen LogP contribution in [0, 0.1) is 6.92 Å². The predicted octanol–water partition coefficient (Wildman–Crippen LogP) is 5.30. The van der Waals surface area contributed by atoms with Crippen LogP contribution in [0.15, 0.2) is 82.7 Å². The first-order chi connectivity index (χ1) is 16.1. The van der Waals surface area contributed by atoms with E-state index in [1.54, 1.807) is 23.4 Å². The average Bonchev–Trinajstić information content (AvgIpc) is 3.38. The minimum absolute atomic E-state index is 0.00514. The quantitative estimate of drug-likeness (QED) is 0.300. The van der Waals surface area contributed by atoms with E-state index in [9.17, 15) is 4.79 Å². The van der Waals surface area contributed by atoms with E-state index in [1.807, 2.05) is 53.1 Å². The third kappa shape index (κ3) is 4.44. The normalized spacial score (nSPS) is 11.2. The van der Waals surface area contributed by atoms with Crippen LogP contribution in [0.25, 0.3) is 15.9 Å². The molecule has 0 bridgehead atoms. The van der Waals surface area contributed by atoms with Gasteiger partial charge in [-0.25, -0.2) is 0 Å². The van der Waals surface area contributed by atoms with Gasteiger partial charge in [0, 0.05) is 11.4 Å². The molecule has 6 nitrogen and oxygen atoms in total. The summed E-state index contributed by atoms with van der Waals surface area (Å²) in [5, 5.41) is 9.77. The molecular formula is C25H22N4O2S2. The second-order valence-electron chi connectivity index (χ2n) is 7.63. The Morgan fingerprint density at radius 1 is 1.00 bits per heavy atom. The Morgan fingerprint density at radius 3 is 2.61 bits per heavy atom. The van der Waals surface area contributed by atoms with E-state index in [0.29, 0.717) is 12.4 Å². The zero-order valence-electron chi connectivity index (χ0n) is 18.3. The fraction of sp³-hybridized carbons (Fsp3) is 0.160. The third-order valence-electron chi connectivity index (χ3n) is 5.35. The molecule has 0 amide bonds. The molecule has 0 aliphatic rings. The molecule has 33 heavy (non-hydrogen) atoms. The minimum Gasteiger partial charge on any atom is -0.497 e. The number of thioether (sulfide) groups is 1. The van der Waals surface area contributed by atoms with Gasteiger partial charge in [-0.1, -0.05) is 65.1 Å². The maximum atomic E-state index is 12.7. The summed E-state index contributed by atoms with van der Waals surface area (Å²) in [5.74, 6) is 2.26. The van der Waals surface area contributed by atoms with E-state index in [1.165, 1.54) is 22.5 Å². The molecule has 166 valence electrons. The van der Waals surface area contributed by atoms with Crippen LogP contribution in [0.1, 0.15) is 17.0 Å². The van der Waals surface area contributed by atoms with Gasteiger partial charge in [0.1, 0.15) is 5.75 Å². The van der Waals surface area contributed by atoms with Crippen LogP contribution in [-0.2, 0) is 12.3 Å².